The first-order valence-electron chi connectivity index (χ1n) is 6.15. The maximum absolute atomic E-state index is 12.0. The Morgan fingerprint density at radius 2 is 2.16 bits per heavy atom. The summed E-state index contributed by atoms with van der Waals surface area (Å²) >= 11 is 0. The molecule has 106 valence electrons. The highest BCUT2D eigenvalue weighted by molar-refractivity contribution is 7.89. The number of hydrogen-bond acceptors (Lipinski definition) is 5. The van der Waals surface area contributed by atoms with E-state index in [1.165, 1.54) is 11.4 Å². The van der Waals surface area contributed by atoms with Crippen LogP contribution in [-0.2, 0) is 14.8 Å². The summed E-state index contributed by atoms with van der Waals surface area (Å²) in [6, 6.07) is 3.53. The van der Waals surface area contributed by atoms with Gasteiger partial charge in [0.1, 0.15) is 11.9 Å². The second-order valence-electron chi connectivity index (χ2n) is 4.38. The Morgan fingerprint density at radius 3 is 2.84 bits per heavy atom. The summed E-state index contributed by atoms with van der Waals surface area (Å²) in [5, 5.41) is 0. The molecule has 1 aromatic heterocycles. The van der Waals surface area contributed by atoms with Gasteiger partial charge >= 0.3 is 0 Å². The Morgan fingerprint density at radius 1 is 1.42 bits per heavy atom. The highest BCUT2D eigenvalue weighted by atomic mass is 32.2. The fraction of sp³-hybridized carbons (Fsp3) is 0.583. The van der Waals surface area contributed by atoms with Crippen molar-refractivity contribution < 1.29 is 17.9 Å². The number of methoxy groups -OCH3 is 1. The van der Waals surface area contributed by atoms with Crippen molar-refractivity contribution in [2.45, 2.75) is 12.5 Å². The molecule has 0 aliphatic carbocycles. The van der Waals surface area contributed by atoms with Crippen LogP contribution in [0.3, 0.4) is 0 Å². The highest BCUT2D eigenvalue weighted by Crippen LogP contribution is 2.19. The van der Waals surface area contributed by atoms with Crippen LogP contribution < -0.4 is 4.74 Å². The summed E-state index contributed by atoms with van der Waals surface area (Å²) < 4.78 is 36.0. The molecule has 0 N–H and O–H groups in total. The number of nitrogens with zero attached hydrogens (tertiary/aromatic N) is 2. The molecule has 1 aliphatic rings. The van der Waals surface area contributed by atoms with Crippen LogP contribution in [0.1, 0.15) is 6.42 Å². The van der Waals surface area contributed by atoms with Crippen molar-refractivity contribution in [2.75, 3.05) is 32.6 Å². The topological polar surface area (TPSA) is 68.7 Å². The summed E-state index contributed by atoms with van der Waals surface area (Å²) in [5.74, 6) is 0.738. The minimum absolute atomic E-state index is 0.0193. The van der Waals surface area contributed by atoms with Crippen LogP contribution in [0.15, 0.2) is 24.5 Å². The van der Waals surface area contributed by atoms with Gasteiger partial charge in [-0.3, -0.25) is 4.98 Å². The van der Waals surface area contributed by atoms with Gasteiger partial charge in [0.2, 0.25) is 10.0 Å². The molecular formula is C12H18N2O4S. The van der Waals surface area contributed by atoms with E-state index in [1.54, 1.807) is 24.5 Å². The van der Waals surface area contributed by atoms with E-state index in [0.717, 1.165) is 5.75 Å². The third-order valence-corrected chi connectivity index (χ3v) is 4.80. The number of hydrogen-bond donors (Lipinski definition) is 0. The van der Waals surface area contributed by atoms with E-state index >= 15 is 0 Å². The van der Waals surface area contributed by atoms with Gasteiger partial charge in [0.25, 0.3) is 0 Å². The smallest absolute Gasteiger partial charge is 0.216 e. The van der Waals surface area contributed by atoms with Gasteiger partial charge in [-0.2, -0.15) is 4.31 Å². The van der Waals surface area contributed by atoms with Crippen LogP contribution in [0.4, 0.5) is 0 Å². The Labute approximate surface area is 113 Å². The van der Waals surface area contributed by atoms with Crippen molar-refractivity contribution in [3.8, 4) is 5.75 Å². The Kier molecular flexibility index (Phi) is 4.73. The van der Waals surface area contributed by atoms with Gasteiger partial charge in [-0.15, -0.1) is 0 Å². The number of ether oxygens (including phenoxy) is 2. The van der Waals surface area contributed by atoms with Gasteiger partial charge < -0.3 is 9.47 Å². The minimum atomic E-state index is -3.23. The van der Waals surface area contributed by atoms with Crippen LogP contribution in [0.2, 0.25) is 0 Å². The Bertz CT molecular complexity index is 492. The summed E-state index contributed by atoms with van der Waals surface area (Å²) in [7, 11) is -1.74. The van der Waals surface area contributed by atoms with Crippen LogP contribution in [0.5, 0.6) is 5.75 Å². The van der Waals surface area contributed by atoms with E-state index in [9.17, 15) is 8.42 Å². The molecule has 1 saturated heterocycles. The van der Waals surface area contributed by atoms with Crippen molar-refractivity contribution >= 4 is 10.0 Å². The summed E-state index contributed by atoms with van der Waals surface area (Å²) in [5.41, 5.74) is 0. The standard InChI is InChI=1S/C12H18N2O4S/c1-17-8-9-19(15,16)14-7-4-12(10-14)18-11-2-5-13-6-3-11/h2-3,5-6,12H,4,7-10H2,1H3/t12-/m1/s1. The lowest BCUT2D eigenvalue weighted by molar-refractivity contribution is 0.210. The molecule has 19 heavy (non-hydrogen) atoms. The Hall–Kier alpha value is -1.18. The van der Waals surface area contributed by atoms with E-state index in [2.05, 4.69) is 4.98 Å². The summed E-state index contributed by atoms with van der Waals surface area (Å²) in [6.45, 7) is 1.12. The molecule has 1 atom stereocenters. The van der Waals surface area contributed by atoms with E-state index in [4.69, 9.17) is 9.47 Å². The number of aromatic nitrogens is 1. The monoisotopic (exact) mass is 286 g/mol. The largest absolute Gasteiger partial charge is 0.489 e. The van der Waals surface area contributed by atoms with Crippen molar-refractivity contribution in [2.24, 2.45) is 0 Å². The zero-order valence-electron chi connectivity index (χ0n) is 10.9. The van der Waals surface area contributed by atoms with Crippen molar-refractivity contribution in [3.63, 3.8) is 0 Å². The molecule has 0 amide bonds. The number of sulfonamides is 1. The fourth-order valence-corrected chi connectivity index (χ4v) is 3.39. The molecule has 0 aromatic carbocycles. The second kappa shape index (κ2) is 6.31. The SMILES string of the molecule is COCCS(=O)(=O)N1CC[C@@H](Oc2ccncc2)C1. The molecule has 1 aliphatic heterocycles. The van der Waals surface area contributed by atoms with Gasteiger partial charge in [-0.25, -0.2) is 8.42 Å². The minimum Gasteiger partial charge on any atom is -0.489 e. The molecule has 2 rings (SSSR count). The average molecular weight is 286 g/mol. The molecule has 0 bridgehead atoms. The van der Waals surface area contributed by atoms with Crippen molar-refractivity contribution in [3.05, 3.63) is 24.5 Å². The van der Waals surface area contributed by atoms with Gasteiger partial charge in [-0.05, 0) is 18.6 Å². The first-order valence-corrected chi connectivity index (χ1v) is 7.76. The quantitative estimate of drug-likeness (QED) is 0.762. The first kappa shape index (κ1) is 14.2. The third kappa shape index (κ3) is 3.89. The second-order valence-corrected chi connectivity index (χ2v) is 6.47. The zero-order valence-corrected chi connectivity index (χ0v) is 11.7. The lowest BCUT2D eigenvalue weighted by atomic mass is 10.3. The predicted molar refractivity (Wildman–Crippen MR) is 70.5 cm³/mol. The van der Waals surface area contributed by atoms with Gasteiger partial charge in [0, 0.05) is 26.0 Å². The number of rotatable bonds is 6. The number of pyridine rings is 1. The zero-order chi connectivity index (χ0) is 13.7. The first-order chi connectivity index (χ1) is 9.12. The Balaban J connectivity index is 1.89. The molecule has 0 radical (unpaired) electrons. The molecule has 0 spiro atoms. The fourth-order valence-electron chi connectivity index (χ4n) is 1.97. The lowest BCUT2D eigenvalue weighted by Crippen LogP contribution is -2.34. The van der Waals surface area contributed by atoms with Gasteiger partial charge in [0.15, 0.2) is 0 Å². The van der Waals surface area contributed by atoms with Crippen LogP contribution in [0.25, 0.3) is 0 Å². The molecule has 1 fully saturated rings. The molecule has 1 aromatic rings. The maximum atomic E-state index is 12.0. The lowest BCUT2D eigenvalue weighted by Gasteiger charge is -2.17. The molecule has 6 nitrogen and oxygen atoms in total. The van der Waals surface area contributed by atoms with Crippen LogP contribution >= 0.6 is 0 Å². The van der Waals surface area contributed by atoms with E-state index in [1.807, 2.05) is 0 Å². The molecule has 0 saturated carbocycles. The maximum Gasteiger partial charge on any atom is 0.216 e. The summed E-state index contributed by atoms with van der Waals surface area (Å²) in [4.78, 5) is 3.91. The predicted octanol–water partition coefficient (Wildman–Crippen LogP) is 0.511. The molecule has 7 heteroatoms. The van der Waals surface area contributed by atoms with E-state index in [0.29, 0.717) is 19.5 Å². The van der Waals surface area contributed by atoms with Gasteiger partial charge in [-0.1, -0.05) is 0 Å². The summed E-state index contributed by atoms with van der Waals surface area (Å²) in [6.07, 6.45) is 3.91. The van der Waals surface area contributed by atoms with Crippen LogP contribution in [-0.4, -0.2) is 56.4 Å². The van der Waals surface area contributed by atoms with Gasteiger partial charge in [0.05, 0.1) is 18.9 Å². The van der Waals surface area contributed by atoms with Crippen molar-refractivity contribution in [1.29, 1.82) is 0 Å². The van der Waals surface area contributed by atoms with Crippen LogP contribution in [0, 0.1) is 0 Å². The van der Waals surface area contributed by atoms with E-state index in [-0.39, 0.29) is 18.5 Å². The normalized spacial score (nSPS) is 20.6. The molecular weight excluding hydrogens is 268 g/mol. The highest BCUT2D eigenvalue weighted by Gasteiger charge is 2.32. The molecule has 0 unspecified atom stereocenters. The molecule has 2 heterocycles. The third-order valence-electron chi connectivity index (χ3n) is 3.00. The van der Waals surface area contributed by atoms with E-state index < -0.39 is 10.0 Å². The average Bonchev–Trinajstić information content (AvgIpc) is 2.87. The van der Waals surface area contributed by atoms with Crippen molar-refractivity contribution in [1.82, 2.24) is 9.29 Å².